The van der Waals surface area contributed by atoms with Crippen LogP contribution in [0.2, 0.25) is 0 Å². The molecule has 4 nitrogen and oxygen atoms in total. The Bertz CT molecular complexity index is 248. The monoisotopic (exact) mass is 374 g/mol. The van der Waals surface area contributed by atoms with E-state index in [1.54, 1.807) is 0 Å². The summed E-state index contributed by atoms with van der Waals surface area (Å²) >= 11 is 0. The molecule has 0 aromatic carbocycles. The first-order valence-electron chi connectivity index (χ1n) is 11.3. The third-order valence-electron chi connectivity index (χ3n) is 4.71. The summed E-state index contributed by atoms with van der Waals surface area (Å²) in [6.07, 6.45) is 19.1. The molecule has 0 rings (SSSR count). The maximum Gasteiger partial charge on any atom is 0.101 e. The molecule has 0 saturated heterocycles. The number of hydrogen-bond acceptors (Lipinski definition) is 4. The van der Waals surface area contributed by atoms with Gasteiger partial charge in [0.1, 0.15) is 6.10 Å². The highest BCUT2D eigenvalue weighted by Gasteiger charge is 2.04. The van der Waals surface area contributed by atoms with E-state index in [2.05, 4.69) is 6.92 Å². The zero-order chi connectivity index (χ0) is 19.1. The van der Waals surface area contributed by atoms with Crippen molar-refractivity contribution >= 4 is 0 Å². The Labute approximate surface area is 162 Å². The van der Waals surface area contributed by atoms with Gasteiger partial charge in [-0.2, -0.15) is 0 Å². The molecule has 2 N–H and O–H groups in total. The average molecular weight is 375 g/mol. The number of aliphatic hydroxyl groups is 2. The second-order valence-electron chi connectivity index (χ2n) is 7.48. The lowest BCUT2D eigenvalue weighted by Gasteiger charge is -2.11. The second-order valence-corrected chi connectivity index (χ2v) is 7.48. The summed E-state index contributed by atoms with van der Waals surface area (Å²) in [4.78, 5) is 0. The van der Waals surface area contributed by atoms with E-state index in [1.807, 2.05) is 0 Å². The van der Waals surface area contributed by atoms with Gasteiger partial charge in [0.25, 0.3) is 0 Å². The van der Waals surface area contributed by atoms with Gasteiger partial charge in [-0.3, -0.25) is 0 Å². The summed E-state index contributed by atoms with van der Waals surface area (Å²) in [5.74, 6) is 0. The van der Waals surface area contributed by atoms with Crippen LogP contribution >= 0.6 is 0 Å². The molecule has 0 saturated carbocycles. The molecule has 26 heavy (non-hydrogen) atoms. The predicted octanol–water partition coefficient (Wildman–Crippen LogP) is 5.24. The van der Waals surface area contributed by atoms with Crippen LogP contribution in [0.25, 0.3) is 0 Å². The highest BCUT2D eigenvalue weighted by Crippen LogP contribution is 2.12. The fourth-order valence-electron chi connectivity index (χ4n) is 3.05. The van der Waals surface area contributed by atoms with Gasteiger partial charge in [0, 0.05) is 19.8 Å². The van der Waals surface area contributed by atoms with Crippen LogP contribution in [-0.2, 0) is 9.47 Å². The van der Waals surface area contributed by atoms with E-state index in [0.717, 1.165) is 13.0 Å². The van der Waals surface area contributed by atoms with Crippen LogP contribution in [0.1, 0.15) is 103 Å². The third kappa shape index (κ3) is 21.9. The summed E-state index contributed by atoms with van der Waals surface area (Å²) in [6, 6.07) is 0. The smallest absolute Gasteiger partial charge is 0.101 e. The molecule has 0 bridgehead atoms. The van der Waals surface area contributed by atoms with Gasteiger partial charge in [0.15, 0.2) is 0 Å². The van der Waals surface area contributed by atoms with Crippen molar-refractivity contribution in [2.45, 2.75) is 109 Å². The summed E-state index contributed by atoms with van der Waals surface area (Å²) in [6.45, 7) is 4.26. The zero-order valence-corrected chi connectivity index (χ0v) is 17.4. The van der Waals surface area contributed by atoms with Gasteiger partial charge in [-0.25, -0.2) is 0 Å². The molecule has 0 aliphatic rings. The number of ether oxygens (including phenoxy) is 2. The minimum atomic E-state index is -0.555. The lowest BCUT2D eigenvalue weighted by atomic mass is 10.0. The normalized spacial score (nSPS) is 12.6. The van der Waals surface area contributed by atoms with Crippen LogP contribution < -0.4 is 0 Å². The number of aliphatic hydroxyl groups excluding tert-OH is 2. The lowest BCUT2D eigenvalue weighted by molar-refractivity contribution is -0.0214. The summed E-state index contributed by atoms with van der Waals surface area (Å²) < 4.78 is 10.7. The van der Waals surface area contributed by atoms with Crippen molar-refractivity contribution < 1.29 is 19.7 Å². The van der Waals surface area contributed by atoms with Crippen molar-refractivity contribution in [2.24, 2.45) is 0 Å². The molecular formula is C22H46O4. The van der Waals surface area contributed by atoms with Gasteiger partial charge in [-0.1, -0.05) is 90.4 Å². The molecule has 1 unspecified atom stereocenters. The minimum absolute atomic E-state index is 0.131. The first-order chi connectivity index (χ1) is 12.8. The summed E-state index contributed by atoms with van der Waals surface area (Å²) in [7, 11) is 0. The molecule has 0 aromatic rings. The molecule has 0 heterocycles. The van der Waals surface area contributed by atoms with Gasteiger partial charge >= 0.3 is 0 Å². The van der Waals surface area contributed by atoms with Crippen LogP contribution in [0.3, 0.4) is 0 Å². The molecule has 0 aliphatic heterocycles. The Morgan fingerprint density at radius 2 is 0.962 bits per heavy atom. The van der Waals surface area contributed by atoms with Gasteiger partial charge in [-0.05, 0) is 12.8 Å². The topological polar surface area (TPSA) is 58.9 Å². The molecule has 4 heteroatoms. The van der Waals surface area contributed by atoms with Crippen LogP contribution in [0.15, 0.2) is 0 Å². The standard InChI is InChI=1S/C22H46O4/c1-2-3-4-5-6-7-8-9-10-11-12-13-14-15-18-25-20-22(24)21-26-19-16-17-23/h22-24H,2-21H2,1H3. The Hall–Kier alpha value is -0.160. The molecule has 0 amide bonds. The minimum Gasteiger partial charge on any atom is -0.396 e. The number of unbranched alkanes of at least 4 members (excludes halogenated alkanes) is 13. The van der Waals surface area contributed by atoms with Crippen LogP contribution in [0.5, 0.6) is 0 Å². The van der Waals surface area contributed by atoms with Crippen LogP contribution in [0.4, 0.5) is 0 Å². The van der Waals surface area contributed by atoms with E-state index >= 15 is 0 Å². The molecule has 158 valence electrons. The van der Waals surface area contributed by atoms with Gasteiger partial charge in [0.2, 0.25) is 0 Å². The molecule has 1 atom stereocenters. The van der Waals surface area contributed by atoms with Crippen molar-refractivity contribution in [2.75, 3.05) is 33.0 Å². The zero-order valence-electron chi connectivity index (χ0n) is 17.4. The third-order valence-corrected chi connectivity index (χ3v) is 4.71. The van der Waals surface area contributed by atoms with E-state index < -0.39 is 6.10 Å². The van der Waals surface area contributed by atoms with Crippen LogP contribution in [0, 0.1) is 0 Å². The van der Waals surface area contributed by atoms with E-state index in [9.17, 15) is 5.11 Å². The molecule has 0 aromatic heterocycles. The van der Waals surface area contributed by atoms with Crippen molar-refractivity contribution in [1.29, 1.82) is 0 Å². The Morgan fingerprint density at radius 3 is 1.38 bits per heavy atom. The molecular weight excluding hydrogens is 328 g/mol. The largest absolute Gasteiger partial charge is 0.396 e. The summed E-state index contributed by atoms with van der Waals surface area (Å²) in [5, 5.41) is 18.3. The average Bonchev–Trinajstić information content (AvgIpc) is 2.65. The predicted molar refractivity (Wildman–Crippen MR) is 110 cm³/mol. The fourth-order valence-corrected chi connectivity index (χ4v) is 3.05. The van der Waals surface area contributed by atoms with E-state index in [4.69, 9.17) is 14.6 Å². The summed E-state index contributed by atoms with van der Waals surface area (Å²) in [5.41, 5.74) is 0. The van der Waals surface area contributed by atoms with Crippen molar-refractivity contribution in [3.8, 4) is 0 Å². The van der Waals surface area contributed by atoms with Crippen molar-refractivity contribution in [3.63, 3.8) is 0 Å². The molecule has 0 radical (unpaired) electrons. The van der Waals surface area contributed by atoms with E-state index in [-0.39, 0.29) is 6.61 Å². The van der Waals surface area contributed by atoms with Gasteiger partial charge in [-0.15, -0.1) is 0 Å². The first kappa shape index (κ1) is 25.8. The van der Waals surface area contributed by atoms with Crippen molar-refractivity contribution in [3.05, 3.63) is 0 Å². The Balaban J connectivity index is 3.06. The van der Waals surface area contributed by atoms with Crippen molar-refractivity contribution in [1.82, 2.24) is 0 Å². The molecule has 0 aliphatic carbocycles. The Morgan fingerprint density at radius 1 is 0.577 bits per heavy atom. The number of rotatable bonds is 22. The first-order valence-corrected chi connectivity index (χ1v) is 11.3. The van der Waals surface area contributed by atoms with Crippen LogP contribution in [-0.4, -0.2) is 49.4 Å². The molecule has 0 spiro atoms. The highest BCUT2D eigenvalue weighted by atomic mass is 16.5. The van der Waals surface area contributed by atoms with E-state index in [1.165, 1.54) is 83.5 Å². The number of hydrogen-bond donors (Lipinski definition) is 2. The van der Waals surface area contributed by atoms with Gasteiger partial charge < -0.3 is 19.7 Å². The molecule has 0 fully saturated rings. The second kappa shape index (κ2) is 22.9. The SMILES string of the molecule is CCCCCCCCCCCCCCCCOCC(O)COCCCO. The Kier molecular flexibility index (Phi) is 22.7. The lowest BCUT2D eigenvalue weighted by Crippen LogP contribution is -2.22. The quantitative estimate of drug-likeness (QED) is 0.254. The fraction of sp³-hybridized carbons (Fsp3) is 1.00. The maximum absolute atomic E-state index is 9.65. The highest BCUT2D eigenvalue weighted by molar-refractivity contribution is 4.52. The van der Waals surface area contributed by atoms with Gasteiger partial charge in [0.05, 0.1) is 13.2 Å². The maximum atomic E-state index is 9.65. The van der Waals surface area contributed by atoms with E-state index in [0.29, 0.717) is 26.2 Å².